The Hall–Kier alpha value is -1.85. The number of hydrogen-bond acceptors (Lipinski definition) is 5. The summed E-state index contributed by atoms with van der Waals surface area (Å²) in [5, 5.41) is 5.91. The summed E-state index contributed by atoms with van der Waals surface area (Å²) in [6, 6.07) is 0. The zero-order valence-electron chi connectivity index (χ0n) is 9.28. The highest BCUT2D eigenvalue weighted by Gasteiger charge is 2.25. The normalized spacial score (nSPS) is 19.1. The summed E-state index contributed by atoms with van der Waals surface area (Å²) in [5.41, 5.74) is 0.519. The van der Waals surface area contributed by atoms with Crippen molar-refractivity contribution in [1.82, 2.24) is 9.97 Å². The Labute approximate surface area is 93.4 Å². The average molecular weight is 222 g/mol. The number of aromatic nitrogens is 2. The van der Waals surface area contributed by atoms with Crippen LogP contribution in [0, 0.1) is 5.92 Å². The zero-order valence-corrected chi connectivity index (χ0v) is 9.28. The van der Waals surface area contributed by atoms with Crippen LogP contribution in [0.2, 0.25) is 0 Å². The molecule has 2 rings (SSSR count). The van der Waals surface area contributed by atoms with Crippen molar-refractivity contribution < 1.29 is 9.53 Å². The van der Waals surface area contributed by atoms with Crippen molar-refractivity contribution >= 4 is 17.4 Å². The first kappa shape index (κ1) is 10.7. The molecule has 0 spiro atoms. The highest BCUT2D eigenvalue weighted by atomic mass is 16.5. The number of ether oxygens (including phenoxy) is 1. The van der Waals surface area contributed by atoms with Gasteiger partial charge in [-0.2, -0.15) is 4.98 Å². The Balaban J connectivity index is 2.37. The van der Waals surface area contributed by atoms with E-state index in [4.69, 9.17) is 4.74 Å². The van der Waals surface area contributed by atoms with Crippen LogP contribution < -0.4 is 15.4 Å². The summed E-state index contributed by atoms with van der Waals surface area (Å²) in [7, 11) is 1.51. The summed E-state index contributed by atoms with van der Waals surface area (Å²) in [4.78, 5) is 19.8. The first-order chi connectivity index (χ1) is 7.76. The molecule has 1 unspecified atom stereocenters. The van der Waals surface area contributed by atoms with Gasteiger partial charge in [0.05, 0.1) is 13.0 Å². The van der Waals surface area contributed by atoms with E-state index in [2.05, 4.69) is 20.6 Å². The fourth-order valence-corrected chi connectivity index (χ4v) is 1.64. The molecule has 86 valence electrons. The Kier molecular flexibility index (Phi) is 2.89. The SMILES string of the molecule is CCC1CNc2ncnc(OC)c2NC1=O. The third kappa shape index (κ3) is 1.78. The van der Waals surface area contributed by atoms with Crippen LogP contribution in [0.15, 0.2) is 6.33 Å². The highest BCUT2D eigenvalue weighted by molar-refractivity contribution is 5.98. The second kappa shape index (κ2) is 4.34. The maximum absolute atomic E-state index is 11.8. The Morgan fingerprint density at radius 2 is 2.38 bits per heavy atom. The molecule has 2 heterocycles. The van der Waals surface area contributed by atoms with Crippen LogP contribution >= 0.6 is 0 Å². The van der Waals surface area contributed by atoms with Gasteiger partial charge in [-0.15, -0.1) is 0 Å². The summed E-state index contributed by atoms with van der Waals surface area (Å²) in [6.07, 6.45) is 2.19. The van der Waals surface area contributed by atoms with Crippen molar-refractivity contribution in [3.63, 3.8) is 0 Å². The lowest BCUT2D eigenvalue weighted by Gasteiger charge is -2.09. The quantitative estimate of drug-likeness (QED) is 0.776. The van der Waals surface area contributed by atoms with Crippen molar-refractivity contribution in [3.8, 4) is 5.88 Å². The second-order valence-corrected chi connectivity index (χ2v) is 3.58. The maximum Gasteiger partial charge on any atom is 0.242 e. The first-order valence-electron chi connectivity index (χ1n) is 5.20. The van der Waals surface area contributed by atoms with Crippen molar-refractivity contribution in [2.24, 2.45) is 5.92 Å². The average Bonchev–Trinajstić information content (AvgIpc) is 2.46. The van der Waals surface area contributed by atoms with Gasteiger partial charge in [0, 0.05) is 6.54 Å². The van der Waals surface area contributed by atoms with E-state index in [-0.39, 0.29) is 11.8 Å². The minimum Gasteiger partial charge on any atom is -0.479 e. The van der Waals surface area contributed by atoms with Crippen LogP contribution in [-0.4, -0.2) is 29.5 Å². The number of carbonyl (C=O) groups excluding carboxylic acids is 1. The molecule has 6 nitrogen and oxygen atoms in total. The topological polar surface area (TPSA) is 76.1 Å². The van der Waals surface area contributed by atoms with Crippen LogP contribution in [0.1, 0.15) is 13.3 Å². The lowest BCUT2D eigenvalue weighted by molar-refractivity contribution is -0.119. The van der Waals surface area contributed by atoms with E-state index in [1.54, 1.807) is 0 Å². The van der Waals surface area contributed by atoms with Crippen molar-refractivity contribution in [3.05, 3.63) is 6.33 Å². The van der Waals surface area contributed by atoms with Crippen LogP contribution in [0.5, 0.6) is 5.88 Å². The van der Waals surface area contributed by atoms with E-state index in [9.17, 15) is 4.79 Å². The van der Waals surface area contributed by atoms with Gasteiger partial charge in [0.25, 0.3) is 0 Å². The lowest BCUT2D eigenvalue weighted by Crippen LogP contribution is -2.25. The second-order valence-electron chi connectivity index (χ2n) is 3.58. The number of amides is 1. The number of nitrogens with zero attached hydrogens (tertiary/aromatic N) is 2. The molecule has 1 aliphatic heterocycles. The van der Waals surface area contributed by atoms with E-state index >= 15 is 0 Å². The van der Waals surface area contributed by atoms with Crippen LogP contribution in [0.4, 0.5) is 11.5 Å². The van der Waals surface area contributed by atoms with E-state index in [1.807, 2.05) is 6.92 Å². The van der Waals surface area contributed by atoms with E-state index in [1.165, 1.54) is 13.4 Å². The van der Waals surface area contributed by atoms with Gasteiger partial charge in [0.1, 0.15) is 12.0 Å². The van der Waals surface area contributed by atoms with Crippen LogP contribution in [-0.2, 0) is 4.79 Å². The van der Waals surface area contributed by atoms with Gasteiger partial charge in [-0.25, -0.2) is 4.98 Å². The standard InChI is InChI=1S/C10H14N4O2/c1-3-6-4-11-8-7(14-9(6)15)10(16-2)13-5-12-8/h5-6H,3-4H2,1-2H3,(H,14,15)(H,11,12,13). The van der Waals surface area contributed by atoms with Gasteiger partial charge in [0.2, 0.25) is 11.8 Å². The van der Waals surface area contributed by atoms with Gasteiger partial charge in [-0.3, -0.25) is 4.79 Å². The molecular formula is C10H14N4O2. The van der Waals surface area contributed by atoms with Crippen LogP contribution in [0.3, 0.4) is 0 Å². The lowest BCUT2D eigenvalue weighted by atomic mass is 10.1. The molecule has 0 aliphatic carbocycles. The van der Waals surface area contributed by atoms with E-state index in [0.29, 0.717) is 23.9 Å². The summed E-state index contributed by atoms with van der Waals surface area (Å²) >= 11 is 0. The van der Waals surface area contributed by atoms with E-state index < -0.39 is 0 Å². The molecule has 1 aromatic rings. The largest absolute Gasteiger partial charge is 0.479 e. The molecule has 1 aliphatic rings. The van der Waals surface area contributed by atoms with Gasteiger partial charge >= 0.3 is 0 Å². The molecule has 0 saturated heterocycles. The van der Waals surface area contributed by atoms with Gasteiger partial charge in [0.15, 0.2) is 5.82 Å². The Morgan fingerprint density at radius 1 is 1.56 bits per heavy atom. The van der Waals surface area contributed by atoms with Crippen LogP contribution in [0.25, 0.3) is 0 Å². The summed E-state index contributed by atoms with van der Waals surface area (Å²) in [5.74, 6) is 0.902. The molecule has 6 heteroatoms. The van der Waals surface area contributed by atoms with Gasteiger partial charge in [-0.05, 0) is 6.42 Å². The molecule has 1 atom stereocenters. The smallest absolute Gasteiger partial charge is 0.242 e. The molecular weight excluding hydrogens is 208 g/mol. The minimum atomic E-state index is -0.0566. The molecule has 2 N–H and O–H groups in total. The predicted octanol–water partition coefficient (Wildman–Crippen LogP) is 0.875. The number of anilines is 2. The highest BCUT2D eigenvalue weighted by Crippen LogP contribution is 2.30. The maximum atomic E-state index is 11.8. The summed E-state index contributed by atoms with van der Waals surface area (Å²) in [6.45, 7) is 2.56. The number of carbonyl (C=O) groups is 1. The number of nitrogens with one attached hydrogen (secondary N) is 2. The fourth-order valence-electron chi connectivity index (χ4n) is 1.64. The van der Waals surface area contributed by atoms with Crippen molar-refractivity contribution in [2.75, 3.05) is 24.3 Å². The molecule has 0 fully saturated rings. The molecule has 0 bridgehead atoms. The number of methoxy groups -OCH3 is 1. The predicted molar refractivity (Wildman–Crippen MR) is 59.5 cm³/mol. The molecule has 0 saturated carbocycles. The minimum absolute atomic E-state index is 0.0261. The van der Waals surface area contributed by atoms with Crippen molar-refractivity contribution in [2.45, 2.75) is 13.3 Å². The number of fused-ring (bicyclic) bond motifs is 1. The first-order valence-corrected chi connectivity index (χ1v) is 5.20. The molecule has 1 aromatic heterocycles. The fraction of sp³-hybridized carbons (Fsp3) is 0.500. The Morgan fingerprint density at radius 3 is 3.06 bits per heavy atom. The summed E-state index contributed by atoms with van der Waals surface area (Å²) < 4.78 is 5.08. The Bertz CT molecular complexity index is 408. The van der Waals surface area contributed by atoms with Crippen molar-refractivity contribution in [1.29, 1.82) is 0 Å². The number of hydrogen-bond donors (Lipinski definition) is 2. The monoisotopic (exact) mass is 222 g/mol. The van der Waals surface area contributed by atoms with Gasteiger partial charge in [-0.1, -0.05) is 6.92 Å². The molecule has 0 aromatic carbocycles. The zero-order chi connectivity index (χ0) is 11.5. The number of rotatable bonds is 2. The van der Waals surface area contributed by atoms with E-state index in [0.717, 1.165) is 6.42 Å². The van der Waals surface area contributed by atoms with Gasteiger partial charge < -0.3 is 15.4 Å². The molecule has 1 amide bonds. The third-order valence-electron chi connectivity index (χ3n) is 2.63. The molecule has 16 heavy (non-hydrogen) atoms. The molecule has 0 radical (unpaired) electrons. The third-order valence-corrected chi connectivity index (χ3v) is 2.63.